The summed E-state index contributed by atoms with van der Waals surface area (Å²) in [6, 6.07) is 48.1. The van der Waals surface area contributed by atoms with Crippen LogP contribution in [-0.2, 0) is 43.6 Å². The van der Waals surface area contributed by atoms with Crippen molar-refractivity contribution in [2.45, 2.75) is 31.8 Å². The quantitative estimate of drug-likeness (QED) is 0.135. The normalized spacial score (nSPS) is 14.8. The number of ether oxygens (including phenoxy) is 1. The largest absolute Gasteiger partial charge is 0.394 e. The van der Waals surface area contributed by atoms with Crippen molar-refractivity contribution in [2.75, 3.05) is 26.3 Å². The minimum atomic E-state index is -0.257. The van der Waals surface area contributed by atoms with Gasteiger partial charge in [0, 0.05) is 47.4 Å². The Balaban J connectivity index is 0.000000196. The summed E-state index contributed by atoms with van der Waals surface area (Å²) < 4.78 is 9.54. The molecule has 0 fully saturated rings. The van der Waals surface area contributed by atoms with E-state index in [9.17, 15) is 14.7 Å². The maximum Gasteiger partial charge on any atom is 0.373 e. The van der Waals surface area contributed by atoms with E-state index >= 15 is 0 Å². The Morgan fingerprint density at radius 1 is 0.554 bits per heavy atom. The lowest BCUT2D eigenvalue weighted by Gasteiger charge is -2.33. The number of halogens is 2. The number of rotatable bonds is 11. The van der Waals surface area contributed by atoms with Gasteiger partial charge in [-0.05, 0) is 53.1 Å². The van der Waals surface area contributed by atoms with Gasteiger partial charge >= 0.3 is 12.3 Å². The number of hydrogen-bond acceptors (Lipinski definition) is 10. The second kappa shape index (κ2) is 23.4. The van der Waals surface area contributed by atoms with Gasteiger partial charge in [0.2, 0.25) is 0 Å². The molecule has 2 aliphatic heterocycles. The lowest BCUT2D eigenvalue weighted by atomic mass is 10.1. The van der Waals surface area contributed by atoms with Gasteiger partial charge in [0.15, 0.2) is 0 Å². The zero-order valence-corrected chi connectivity index (χ0v) is 36.3. The van der Waals surface area contributed by atoms with Crippen LogP contribution in [0.5, 0.6) is 0 Å². The van der Waals surface area contributed by atoms with Crippen LogP contribution in [0.15, 0.2) is 152 Å². The summed E-state index contributed by atoms with van der Waals surface area (Å²) in [6.45, 7) is 2.93. The van der Waals surface area contributed by atoms with Crippen LogP contribution >= 0.6 is 23.2 Å². The maximum absolute atomic E-state index is 13.4. The number of benzene rings is 5. The highest BCUT2D eigenvalue weighted by Gasteiger charge is 2.34. The van der Waals surface area contributed by atoms with Crippen LogP contribution in [-0.4, -0.2) is 84.9 Å². The smallest absolute Gasteiger partial charge is 0.373 e. The fourth-order valence-corrected chi connectivity index (χ4v) is 7.62. The highest BCUT2D eigenvalue weighted by molar-refractivity contribution is 6.30. The number of aromatic nitrogens is 4. The van der Waals surface area contributed by atoms with Crippen LogP contribution in [0.4, 0.5) is 0 Å². The molecule has 0 bridgehead atoms. The summed E-state index contributed by atoms with van der Waals surface area (Å²) in [5, 5.41) is 20.5. The summed E-state index contributed by atoms with van der Waals surface area (Å²) in [5.41, 5.74) is 7.61. The third-order valence-corrected chi connectivity index (χ3v) is 10.9. The summed E-state index contributed by atoms with van der Waals surface area (Å²) in [5.74, 6) is -0.0999. The van der Waals surface area contributed by atoms with Gasteiger partial charge in [0.05, 0.1) is 43.3 Å². The fraction of sp³-hybridized carbons (Fsp3) is 0.184. The van der Waals surface area contributed by atoms with Crippen molar-refractivity contribution in [3.63, 3.8) is 0 Å². The molecule has 0 spiro atoms. The van der Waals surface area contributed by atoms with E-state index in [4.69, 9.17) is 52.2 Å². The van der Waals surface area contributed by atoms with Crippen molar-refractivity contribution in [1.29, 1.82) is 0 Å². The summed E-state index contributed by atoms with van der Waals surface area (Å²) >= 11 is 12.0. The highest BCUT2D eigenvalue weighted by atomic mass is 35.5. The van der Waals surface area contributed by atoms with E-state index in [0.29, 0.717) is 66.5 Å². The molecule has 16 heteroatoms. The van der Waals surface area contributed by atoms with Crippen molar-refractivity contribution in [1.82, 2.24) is 29.4 Å². The monoisotopic (exact) mass is 912 g/mol. The molecule has 0 saturated heterocycles. The average Bonchev–Trinajstić information content (AvgIpc) is 3.99. The van der Waals surface area contributed by atoms with E-state index < -0.39 is 0 Å². The SMILES string of the molecule is O=C1c2cc(-c3ccc(Cl)cc3)nn2C(CO)CN1Cc1ccccc1.O=C1c2cc(-c3ccc(Cl)cc3)nn2C(COCc2ccccc2)CN1Cc1ccccc1.O=C=O.O=C=O. The molecule has 0 saturated carbocycles. The van der Waals surface area contributed by atoms with Gasteiger partial charge in [-0.25, -0.2) is 0 Å². The first kappa shape index (κ1) is 47.2. The number of aliphatic hydroxyl groups excluding tert-OH is 1. The Kier molecular flexibility index (Phi) is 17.0. The van der Waals surface area contributed by atoms with Gasteiger partial charge in [-0.15, -0.1) is 0 Å². The molecule has 2 unspecified atom stereocenters. The van der Waals surface area contributed by atoms with Crippen molar-refractivity contribution in [3.8, 4) is 22.5 Å². The van der Waals surface area contributed by atoms with E-state index in [0.717, 1.165) is 33.5 Å². The number of fused-ring (bicyclic) bond motifs is 2. The Hall–Kier alpha value is -7.28. The van der Waals surface area contributed by atoms with E-state index in [1.165, 1.54) is 0 Å². The van der Waals surface area contributed by atoms with Crippen molar-refractivity contribution < 1.29 is 38.6 Å². The van der Waals surface area contributed by atoms with Gasteiger partial charge < -0.3 is 19.6 Å². The molecule has 9 rings (SSSR count). The third kappa shape index (κ3) is 12.5. The molecule has 330 valence electrons. The summed E-state index contributed by atoms with van der Waals surface area (Å²) in [7, 11) is 0. The van der Waals surface area contributed by atoms with Crippen molar-refractivity contribution in [2.24, 2.45) is 0 Å². The molecule has 1 N–H and O–H groups in total. The Morgan fingerprint density at radius 3 is 1.32 bits per heavy atom. The average molecular weight is 914 g/mol. The molecule has 0 aliphatic carbocycles. The molecular weight excluding hydrogens is 871 g/mol. The first-order chi connectivity index (χ1) is 31.7. The summed E-state index contributed by atoms with van der Waals surface area (Å²) in [4.78, 5) is 62.5. The standard InChI is InChI=1S/C27H24ClN3O2.C20H18ClN3O2.2CO2/c28-23-13-11-22(12-14-23)25-15-26-27(32)30(16-20-7-3-1-4-8-20)17-24(31(26)29-25)19-33-18-21-9-5-2-6-10-21;21-16-8-6-15(7-9-16)18-10-19-20(26)23(11-14-4-2-1-3-5-14)12-17(13-25)24(19)22-18;2*2-1-3/h1-15,24H,16-19H2;1-10,17,25H,11-13H2;;. The van der Waals surface area contributed by atoms with Crippen LogP contribution in [0, 0.1) is 0 Å². The third-order valence-electron chi connectivity index (χ3n) is 10.4. The minimum Gasteiger partial charge on any atom is -0.394 e. The van der Waals surface area contributed by atoms with Gasteiger partial charge in [0.1, 0.15) is 11.4 Å². The van der Waals surface area contributed by atoms with Crippen LogP contribution in [0.2, 0.25) is 10.0 Å². The lowest BCUT2D eigenvalue weighted by Crippen LogP contribution is -2.44. The number of nitrogens with zero attached hydrogens (tertiary/aromatic N) is 6. The molecule has 4 heterocycles. The molecule has 2 aliphatic rings. The van der Waals surface area contributed by atoms with E-state index in [1.807, 2.05) is 143 Å². The van der Waals surface area contributed by atoms with Crippen LogP contribution < -0.4 is 0 Å². The number of carbonyl (C=O) groups excluding carboxylic acids is 6. The van der Waals surface area contributed by atoms with Gasteiger partial charge in [0.25, 0.3) is 11.8 Å². The molecule has 2 amide bonds. The Bertz CT molecular complexity index is 2690. The molecule has 65 heavy (non-hydrogen) atoms. The Labute approximate surface area is 384 Å². The van der Waals surface area contributed by atoms with Gasteiger partial charge in [-0.3, -0.25) is 19.0 Å². The second-order valence-electron chi connectivity index (χ2n) is 14.7. The number of carbonyl (C=O) groups is 2. The molecule has 7 aromatic rings. The van der Waals surface area contributed by atoms with Crippen LogP contribution in [0.25, 0.3) is 22.5 Å². The molecular formula is C49H42Cl2N6O8. The highest BCUT2D eigenvalue weighted by Crippen LogP contribution is 2.30. The number of hydrogen-bond donors (Lipinski definition) is 1. The fourth-order valence-electron chi connectivity index (χ4n) is 7.37. The van der Waals surface area contributed by atoms with Gasteiger partial charge in [-0.1, -0.05) is 138 Å². The van der Waals surface area contributed by atoms with Crippen LogP contribution in [0.3, 0.4) is 0 Å². The predicted octanol–water partition coefficient (Wildman–Crippen LogP) is 7.84. The van der Waals surface area contributed by atoms with Crippen molar-refractivity contribution in [3.05, 3.63) is 190 Å². The minimum absolute atomic E-state index is 0.0223. The summed E-state index contributed by atoms with van der Waals surface area (Å²) in [6.07, 6.45) is 0.500. The van der Waals surface area contributed by atoms with E-state index in [2.05, 4.69) is 5.10 Å². The molecule has 0 radical (unpaired) electrons. The predicted molar refractivity (Wildman–Crippen MR) is 239 cm³/mol. The van der Waals surface area contributed by atoms with Gasteiger partial charge in [-0.2, -0.15) is 29.4 Å². The maximum atomic E-state index is 13.4. The molecule has 2 aromatic heterocycles. The van der Waals surface area contributed by atoms with E-state index in [-0.39, 0.29) is 42.8 Å². The zero-order valence-electron chi connectivity index (χ0n) is 34.8. The number of amides is 2. The first-order valence-corrected chi connectivity index (χ1v) is 21.0. The first-order valence-electron chi connectivity index (χ1n) is 20.2. The molecule has 14 nitrogen and oxygen atoms in total. The van der Waals surface area contributed by atoms with Crippen molar-refractivity contribution >= 4 is 47.3 Å². The lowest BCUT2D eigenvalue weighted by molar-refractivity contribution is -0.193. The van der Waals surface area contributed by atoms with Crippen LogP contribution in [0.1, 0.15) is 49.8 Å². The topological polar surface area (TPSA) is 174 Å². The Morgan fingerprint density at radius 2 is 0.923 bits per heavy atom. The zero-order chi connectivity index (χ0) is 46.1. The molecule has 5 aromatic carbocycles. The molecule has 2 atom stereocenters. The second-order valence-corrected chi connectivity index (χ2v) is 15.6. The number of aliphatic hydroxyl groups is 1. The van der Waals surface area contributed by atoms with E-state index in [1.54, 1.807) is 27.8 Å².